The van der Waals surface area contributed by atoms with Crippen LogP contribution in [-0.2, 0) is 27.7 Å². The fraction of sp³-hybridized carbons (Fsp3) is 0.312. The molecule has 0 saturated heterocycles. The second-order valence-electron chi connectivity index (χ2n) is 9.31. The number of fused-ring (bicyclic) bond motifs is 1. The highest BCUT2D eigenvalue weighted by Crippen LogP contribution is 2.33. The Hall–Kier alpha value is -3.55. The molecular weight excluding hydrogens is 506 g/mol. The van der Waals surface area contributed by atoms with E-state index in [0.29, 0.717) is 31.7 Å². The number of amides is 1. The van der Waals surface area contributed by atoms with Crippen molar-refractivity contribution in [1.82, 2.24) is 9.71 Å². The van der Waals surface area contributed by atoms with Crippen molar-refractivity contribution in [3.8, 4) is 0 Å². The van der Waals surface area contributed by atoms with Crippen LogP contribution >= 0.6 is 0 Å². The van der Waals surface area contributed by atoms with Crippen molar-refractivity contribution in [3.05, 3.63) is 121 Å². The van der Waals surface area contributed by atoms with Gasteiger partial charge in [-0.3, -0.25) is 9.78 Å². The van der Waals surface area contributed by atoms with Crippen LogP contribution in [0.1, 0.15) is 61.1 Å². The summed E-state index contributed by atoms with van der Waals surface area (Å²) in [6, 6.07) is 21.4. The van der Waals surface area contributed by atoms with Gasteiger partial charge in [-0.2, -0.15) is 0 Å². The van der Waals surface area contributed by atoms with E-state index in [1.54, 1.807) is 53.6 Å². The summed E-state index contributed by atoms with van der Waals surface area (Å²) in [5, 5.41) is 0. The van der Waals surface area contributed by atoms with Crippen molar-refractivity contribution in [1.29, 1.82) is 0 Å². The van der Waals surface area contributed by atoms with Gasteiger partial charge in [-0.15, -0.1) is 0 Å². The normalized spacial score (nSPS) is 13.9. The van der Waals surface area contributed by atoms with Crippen molar-refractivity contribution >= 4 is 15.9 Å². The molecule has 1 unspecified atom stereocenters. The number of aryl methyl sites for hydroxylation is 1. The van der Waals surface area contributed by atoms with E-state index < -0.39 is 10.0 Å². The smallest absolute Gasteiger partial charge is 0.240 e. The lowest BCUT2D eigenvalue weighted by molar-refractivity contribution is -0.118. The second-order valence-corrected chi connectivity index (χ2v) is 11.1. The van der Waals surface area contributed by atoms with E-state index in [4.69, 9.17) is 5.73 Å². The Balaban J connectivity index is 0.000000241. The summed E-state index contributed by atoms with van der Waals surface area (Å²) in [7, 11) is -3.41. The zero-order chi connectivity index (χ0) is 28.3. The maximum atomic E-state index is 11.8. The third-order valence-electron chi connectivity index (χ3n) is 6.31. The van der Waals surface area contributed by atoms with E-state index in [9.17, 15) is 13.2 Å². The number of nitrogens with two attached hydrogens (primary N) is 1. The van der Waals surface area contributed by atoms with Gasteiger partial charge in [0.1, 0.15) is 0 Å². The molecule has 0 spiro atoms. The van der Waals surface area contributed by atoms with Crippen LogP contribution in [0, 0.1) is 0 Å². The van der Waals surface area contributed by atoms with E-state index in [1.807, 2.05) is 18.5 Å². The molecule has 0 fully saturated rings. The van der Waals surface area contributed by atoms with E-state index >= 15 is 0 Å². The number of aromatic nitrogens is 1. The summed E-state index contributed by atoms with van der Waals surface area (Å²) < 4.78 is 26.1. The molecule has 39 heavy (non-hydrogen) atoms. The van der Waals surface area contributed by atoms with Gasteiger partial charge in [0, 0.05) is 25.4 Å². The first-order valence-electron chi connectivity index (χ1n) is 13.4. The van der Waals surface area contributed by atoms with Crippen LogP contribution in [0.2, 0.25) is 0 Å². The molecule has 4 rings (SSSR count). The summed E-state index contributed by atoms with van der Waals surface area (Å²) >= 11 is 0. The molecule has 6 nitrogen and oxygen atoms in total. The number of benzene rings is 2. The molecule has 0 aliphatic heterocycles. The number of hydrogen-bond donors (Lipinski definition) is 2. The summed E-state index contributed by atoms with van der Waals surface area (Å²) in [6.45, 7) is 7.09. The zero-order valence-electron chi connectivity index (χ0n) is 22.7. The average Bonchev–Trinajstić information content (AvgIpc) is 2.96. The highest BCUT2D eigenvalue weighted by Gasteiger charge is 2.19. The van der Waals surface area contributed by atoms with Crippen molar-refractivity contribution in [3.63, 3.8) is 0 Å². The number of nitrogens with one attached hydrogen (secondary N) is 1. The molecule has 3 aromatic rings. The van der Waals surface area contributed by atoms with Crippen molar-refractivity contribution in [2.75, 3.05) is 6.54 Å². The minimum absolute atomic E-state index is 0.266. The van der Waals surface area contributed by atoms with Crippen molar-refractivity contribution in [2.24, 2.45) is 5.73 Å². The first kappa shape index (κ1) is 31.7. The van der Waals surface area contributed by atoms with E-state index in [2.05, 4.69) is 53.2 Å². The zero-order valence-corrected chi connectivity index (χ0v) is 23.5. The van der Waals surface area contributed by atoms with Crippen molar-refractivity contribution in [2.45, 2.75) is 62.2 Å². The Morgan fingerprint density at radius 2 is 1.69 bits per heavy atom. The lowest BCUT2D eigenvalue weighted by Crippen LogP contribution is -2.24. The largest absolute Gasteiger partial charge is 0.370 e. The Morgan fingerprint density at radius 3 is 2.36 bits per heavy atom. The number of pyridine rings is 1. The van der Waals surface area contributed by atoms with Gasteiger partial charge in [0.15, 0.2) is 0 Å². The summed E-state index contributed by atoms with van der Waals surface area (Å²) in [5.74, 6) is 0.365. The number of nitrogens with zero attached hydrogens (tertiary/aromatic N) is 1. The van der Waals surface area contributed by atoms with Crippen LogP contribution in [-0.4, -0.2) is 25.9 Å². The molecule has 1 aliphatic rings. The first-order chi connectivity index (χ1) is 18.9. The molecule has 208 valence electrons. The molecule has 3 N–H and O–H groups in total. The second kappa shape index (κ2) is 17.9. The van der Waals surface area contributed by atoms with Crippen LogP contribution in [0.5, 0.6) is 0 Å². The maximum absolute atomic E-state index is 11.8. The van der Waals surface area contributed by atoms with Gasteiger partial charge in [-0.25, -0.2) is 13.1 Å². The van der Waals surface area contributed by atoms with Crippen LogP contribution in [0.3, 0.4) is 0 Å². The number of unbranched alkanes of at least 4 members (excludes halogenated alkanes) is 2. The topological polar surface area (TPSA) is 102 Å². The molecular formula is C32H41N3O3S. The number of rotatable bonds is 11. The van der Waals surface area contributed by atoms with Gasteiger partial charge >= 0.3 is 0 Å². The lowest BCUT2D eigenvalue weighted by Gasteiger charge is -2.25. The molecule has 1 atom stereocenters. The Labute approximate surface area is 234 Å². The molecule has 1 amide bonds. The third kappa shape index (κ3) is 12.2. The Bertz CT molecular complexity index is 1240. The fourth-order valence-electron chi connectivity index (χ4n) is 4.36. The third-order valence-corrected chi connectivity index (χ3v) is 7.79. The van der Waals surface area contributed by atoms with Crippen LogP contribution in [0.15, 0.2) is 109 Å². The summed E-state index contributed by atoms with van der Waals surface area (Å²) in [5.41, 5.74) is 9.46. The molecule has 0 radical (unpaired) electrons. The van der Waals surface area contributed by atoms with Gasteiger partial charge in [0.2, 0.25) is 15.9 Å². The number of hydrogen-bond acceptors (Lipinski definition) is 4. The molecule has 1 heterocycles. The first-order valence-corrected chi connectivity index (χ1v) is 14.9. The van der Waals surface area contributed by atoms with Gasteiger partial charge < -0.3 is 5.73 Å². The minimum Gasteiger partial charge on any atom is -0.370 e. The lowest BCUT2D eigenvalue weighted by atomic mass is 9.80. The molecule has 1 aliphatic carbocycles. The standard InChI is InChI=1S/C16H17N.C12H18N2O3S.C4H6/c1-2-9-16-14(6-1)7-3-8-15(16)11-13-5-4-10-17-12-13;13-12(15)9-5-2-6-10-14-18(16,17)11-7-3-1-4-8-11;1-3-4-2/h1-2,4-6,9-10,12,15H,3,7-8,11H2;1,3-4,7-8,14H,2,5-6,9-10H2,(H2,13,15);3-4H,1-2H2. The van der Waals surface area contributed by atoms with Crippen LogP contribution in [0.25, 0.3) is 0 Å². The van der Waals surface area contributed by atoms with E-state index in [-0.39, 0.29) is 10.8 Å². The number of allylic oxidation sites excluding steroid dienone is 2. The number of sulfonamides is 1. The quantitative estimate of drug-likeness (QED) is 0.223. The molecule has 7 heteroatoms. The fourth-order valence-corrected chi connectivity index (χ4v) is 5.46. The van der Waals surface area contributed by atoms with Crippen LogP contribution < -0.4 is 10.5 Å². The van der Waals surface area contributed by atoms with Gasteiger partial charge in [-0.1, -0.05) is 80.3 Å². The number of primary amides is 1. The predicted molar refractivity (Wildman–Crippen MR) is 160 cm³/mol. The monoisotopic (exact) mass is 547 g/mol. The molecule has 2 aromatic carbocycles. The van der Waals surface area contributed by atoms with E-state index in [1.165, 1.54) is 24.8 Å². The van der Waals surface area contributed by atoms with Gasteiger partial charge in [0.05, 0.1) is 4.90 Å². The molecule has 1 aromatic heterocycles. The highest BCUT2D eigenvalue weighted by molar-refractivity contribution is 7.89. The van der Waals surface area contributed by atoms with Crippen molar-refractivity contribution < 1.29 is 13.2 Å². The number of carbonyl (C=O) groups excluding carboxylic acids is 1. The summed E-state index contributed by atoms with van der Waals surface area (Å²) in [6.07, 6.45) is 14.7. The van der Waals surface area contributed by atoms with Gasteiger partial charge in [-0.05, 0) is 79.3 Å². The van der Waals surface area contributed by atoms with Gasteiger partial charge in [0.25, 0.3) is 0 Å². The molecule has 0 saturated carbocycles. The SMILES string of the molecule is C=CC=C.NC(=O)CCCCCNS(=O)(=O)c1ccccc1.c1cncc(CC2CCCc3ccccc32)c1. The average molecular weight is 548 g/mol. The predicted octanol–water partition coefficient (Wildman–Crippen LogP) is 6.11. The Morgan fingerprint density at radius 1 is 0.974 bits per heavy atom. The minimum atomic E-state index is -3.41. The highest BCUT2D eigenvalue weighted by atomic mass is 32.2. The maximum Gasteiger partial charge on any atom is 0.240 e. The Kier molecular flexibility index (Phi) is 14.5. The van der Waals surface area contributed by atoms with E-state index in [0.717, 1.165) is 12.8 Å². The summed E-state index contributed by atoms with van der Waals surface area (Å²) in [4.78, 5) is 15.0. The van der Waals surface area contributed by atoms with Crippen LogP contribution in [0.4, 0.5) is 0 Å². The molecule has 0 bridgehead atoms. The number of carbonyl (C=O) groups is 1.